The van der Waals surface area contributed by atoms with Crippen molar-refractivity contribution in [2.75, 3.05) is 0 Å². The Balaban J connectivity index is 0. The zero-order valence-corrected chi connectivity index (χ0v) is 12.1. The molecule has 74 valence electrons. The van der Waals surface area contributed by atoms with Gasteiger partial charge in [-0.2, -0.15) is 0 Å². The standard InChI is InChI=1S/C7H7ClNO2S.CH4.K/c1-6-2-4-7(5-3-6)12(10,11)9-8;;/h2-5H,1H3;1H4;/q-1;;+1. The van der Waals surface area contributed by atoms with Crippen LogP contribution in [0.2, 0.25) is 0 Å². The molecule has 0 radical (unpaired) electrons. The summed E-state index contributed by atoms with van der Waals surface area (Å²) in [5.74, 6) is 0. The Labute approximate surface area is 133 Å². The fourth-order valence-electron chi connectivity index (χ4n) is 0.750. The average Bonchev–Trinajstić information content (AvgIpc) is 2.05. The number of rotatable bonds is 2. The van der Waals surface area contributed by atoms with Crippen molar-refractivity contribution in [2.45, 2.75) is 19.2 Å². The molecule has 0 aliphatic rings. The van der Waals surface area contributed by atoms with Crippen molar-refractivity contribution in [1.29, 1.82) is 0 Å². The molecular formula is C8H11ClKNO2S. The van der Waals surface area contributed by atoms with E-state index in [4.69, 9.17) is 11.8 Å². The monoisotopic (exact) mass is 259 g/mol. The second-order valence-electron chi connectivity index (χ2n) is 2.36. The maximum atomic E-state index is 11.0. The van der Waals surface area contributed by atoms with E-state index in [1.54, 1.807) is 12.1 Å². The fourth-order valence-corrected chi connectivity index (χ4v) is 1.55. The summed E-state index contributed by atoms with van der Waals surface area (Å²) >= 11 is 4.90. The summed E-state index contributed by atoms with van der Waals surface area (Å²) in [4.78, 5) is 0.114. The molecule has 0 spiro atoms. The summed E-state index contributed by atoms with van der Waals surface area (Å²) in [6.07, 6.45) is 0. The zero-order valence-electron chi connectivity index (χ0n) is 7.36. The first kappa shape index (κ1) is 17.5. The third-order valence-corrected chi connectivity index (χ3v) is 3.00. The summed E-state index contributed by atoms with van der Waals surface area (Å²) in [6, 6.07) is 6.32. The second kappa shape index (κ2) is 7.35. The van der Waals surface area contributed by atoms with Crippen LogP contribution in [0.15, 0.2) is 29.2 Å². The summed E-state index contributed by atoms with van der Waals surface area (Å²) in [7, 11) is -3.62. The molecule has 1 aromatic rings. The molecule has 14 heavy (non-hydrogen) atoms. The summed E-state index contributed by atoms with van der Waals surface area (Å²) in [5, 5.41) is 0. The Morgan fingerprint density at radius 3 is 2.00 bits per heavy atom. The van der Waals surface area contributed by atoms with Gasteiger partial charge in [0.25, 0.3) is 0 Å². The third kappa shape index (κ3) is 4.72. The predicted molar refractivity (Wildman–Crippen MR) is 54.3 cm³/mol. The van der Waals surface area contributed by atoms with Crippen molar-refractivity contribution in [1.82, 2.24) is 0 Å². The van der Waals surface area contributed by atoms with Crippen LogP contribution in [0.1, 0.15) is 13.0 Å². The van der Waals surface area contributed by atoms with E-state index in [2.05, 4.69) is 4.24 Å². The van der Waals surface area contributed by atoms with Crippen LogP contribution in [0.3, 0.4) is 0 Å². The molecule has 0 bridgehead atoms. The predicted octanol–water partition coefficient (Wildman–Crippen LogP) is -0.149. The van der Waals surface area contributed by atoms with Crippen molar-refractivity contribution in [2.24, 2.45) is 0 Å². The quantitative estimate of drug-likeness (QED) is 0.694. The van der Waals surface area contributed by atoms with Crippen molar-refractivity contribution in [3.63, 3.8) is 0 Å². The average molecular weight is 260 g/mol. The number of halogens is 1. The van der Waals surface area contributed by atoms with E-state index in [-0.39, 0.29) is 63.7 Å². The number of hydrogen-bond acceptors (Lipinski definition) is 2. The molecule has 0 unspecified atom stereocenters. The molecule has 0 saturated heterocycles. The van der Waals surface area contributed by atoms with E-state index < -0.39 is 10.0 Å². The SMILES string of the molecule is C.Cc1ccc(S(=O)(=O)[N-]Cl)cc1.[K+]. The van der Waals surface area contributed by atoms with Gasteiger partial charge in [0.05, 0.1) is 0 Å². The van der Waals surface area contributed by atoms with E-state index >= 15 is 0 Å². The molecule has 0 saturated carbocycles. The molecule has 0 heterocycles. The van der Waals surface area contributed by atoms with E-state index in [1.165, 1.54) is 12.1 Å². The normalized spacial score (nSPS) is 9.86. The number of hydrogen-bond donors (Lipinski definition) is 0. The fraction of sp³-hybridized carbons (Fsp3) is 0.250. The number of aryl methyl sites for hydroxylation is 1. The van der Waals surface area contributed by atoms with E-state index in [1.807, 2.05) is 6.92 Å². The largest absolute Gasteiger partial charge is 1.00 e. The van der Waals surface area contributed by atoms with Crippen LogP contribution in [0.5, 0.6) is 0 Å². The van der Waals surface area contributed by atoms with E-state index in [9.17, 15) is 8.42 Å². The van der Waals surface area contributed by atoms with Crippen LogP contribution in [0, 0.1) is 6.92 Å². The molecule has 0 atom stereocenters. The molecule has 0 N–H and O–H groups in total. The van der Waals surface area contributed by atoms with Crippen molar-refractivity contribution < 1.29 is 59.8 Å². The molecule has 0 fully saturated rings. The van der Waals surface area contributed by atoms with Gasteiger partial charge < -0.3 is 4.24 Å². The van der Waals surface area contributed by atoms with Crippen LogP contribution in [-0.2, 0) is 10.0 Å². The van der Waals surface area contributed by atoms with Gasteiger partial charge in [-0.05, 0) is 19.1 Å². The van der Waals surface area contributed by atoms with Crippen LogP contribution >= 0.6 is 11.8 Å². The number of benzene rings is 1. The Kier molecular flexibility index (Phi) is 9.16. The summed E-state index contributed by atoms with van der Waals surface area (Å²) in [5.41, 5.74) is 0.989. The maximum absolute atomic E-state index is 11.0. The van der Waals surface area contributed by atoms with Gasteiger partial charge in [-0.3, -0.25) is 11.8 Å². The van der Waals surface area contributed by atoms with Crippen LogP contribution < -0.4 is 51.4 Å². The Morgan fingerprint density at radius 2 is 1.64 bits per heavy atom. The summed E-state index contributed by atoms with van der Waals surface area (Å²) in [6.45, 7) is 1.87. The molecule has 1 aromatic carbocycles. The van der Waals surface area contributed by atoms with E-state index in [0.717, 1.165) is 5.56 Å². The number of sulfonamides is 1. The third-order valence-electron chi connectivity index (χ3n) is 1.41. The van der Waals surface area contributed by atoms with Crippen molar-refractivity contribution in [3.8, 4) is 0 Å². The molecule has 0 aliphatic heterocycles. The first-order valence-corrected chi connectivity index (χ1v) is 4.99. The molecule has 0 aliphatic carbocycles. The Hall–Kier alpha value is 1.06. The minimum absolute atomic E-state index is 0. The van der Waals surface area contributed by atoms with Gasteiger partial charge in [0.15, 0.2) is 0 Å². The molecule has 3 nitrogen and oxygen atoms in total. The smallest absolute Gasteiger partial charge is 0.458 e. The maximum Gasteiger partial charge on any atom is 1.00 e. The minimum Gasteiger partial charge on any atom is -0.458 e. The first-order valence-electron chi connectivity index (χ1n) is 3.21. The van der Waals surface area contributed by atoms with Crippen molar-refractivity contribution in [3.05, 3.63) is 34.1 Å². The van der Waals surface area contributed by atoms with Crippen LogP contribution in [0.4, 0.5) is 0 Å². The first-order chi connectivity index (χ1) is 5.56. The summed E-state index contributed by atoms with van der Waals surface area (Å²) < 4.78 is 24.8. The van der Waals surface area contributed by atoms with Gasteiger partial charge in [-0.1, -0.05) is 25.1 Å². The van der Waals surface area contributed by atoms with Gasteiger partial charge in [0.1, 0.15) is 10.0 Å². The molecule has 0 aromatic heterocycles. The topological polar surface area (TPSA) is 48.2 Å². The van der Waals surface area contributed by atoms with Crippen LogP contribution in [-0.4, -0.2) is 8.42 Å². The zero-order chi connectivity index (χ0) is 9.19. The molecule has 6 heteroatoms. The van der Waals surface area contributed by atoms with Gasteiger partial charge in [-0.25, -0.2) is 8.42 Å². The van der Waals surface area contributed by atoms with Crippen molar-refractivity contribution >= 4 is 21.8 Å². The van der Waals surface area contributed by atoms with Gasteiger partial charge in [0.2, 0.25) is 0 Å². The van der Waals surface area contributed by atoms with Gasteiger partial charge in [0, 0.05) is 4.90 Å². The molecule has 0 amide bonds. The van der Waals surface area contributed by atoms with Crippen LogP contribution in [0.25, 0.3) is 4.24 Å². The van der Waals surface area contributed by atoms with E-state index in [0.29, 0.717) is 0 Å². The number of nitrogens with zero attached hydrogens (tertiary/aromatic N) is 1. The minimum atomic E-state index is -3.62. The Morgan fingerprint density at radius 1 is 1.21 bits per heavy atom. The van der Waals surface area contributed by atoms with Gasteiger partial charge >= 0.3 is 51.4 Å². The molecule has 1 rings (SSSR count). The second-order valence-corrected chi connectivity index (χ2v) is 4.33. The molecular weight excluding hydrogens is 249 g/mol. The Bertz CT molecular complexity index is 363. The van der Waals surface area contributed by atoms with Gasteiger partial charge in [-0.15, -0.1) is 0 Å².